The molecule has 0 bridgehead atoms. The summed E-state index contributed by atoms with van der Waals surface area (Å²) in [6.07, 6.45) is 3.19. The number of hydrogen-bond donors (Lipinski definition) is 1. The maximum atomic E-state index is 13.1. The lowest BCUT2D eigenvalue weighted by Crippen LogP contribution is -2.25. The quantitative estimate of drug-likeness (QED) is 0.357. The molecule has 0 aliphatic rings. The van der Waals surface area contributed by atoms with Gasteiger partial charge in [0.05, 0.1) is 10.0 Å². The van der Waals surface area contributed by atoms with E-state index in [9.17, 15) is 9.18 Å². The third-order valence-corrected chi connectivity index (χ3v) is 5.22. The number of ether oxygens (including phenoxy) is 1. The van der Waals surface area contributed by atoms with Gasteiger partial charge in [-0.3, -0.25) is 9.36 Å². The van der Waals surface area contributed by atoms with Crippen LogP contribution in [0.1, 0.15) is 21.6 Å². The van der Waals surface area contributed by atoms with Crippen LogP contribution in [0.15, 0.2) is 73.1 Å². The number of amides is 1. The molecule has 0 unspecified atom stereocenters. The van der Waals surface area contributed by atoms with E-state index in [4.69, 9.17) is 27.9 Å². The first-order valence-electron chi connectivity index (χ1n) is 9.70. The van der Waals surface area contributed by atoms with Crippen molar-refractivity contribution in [2.45, 2.75) is 13.5 Å². The molecule has 0 saturated heterocycles. The highest BCUT2D eigenvalue weighted by molar-refractivity contribution is 6.35. The second kappa shape index (κ2) is 9.42. The zero-order valence-corrected chi connectivity index (χ0v) is 18.5. The van der Waals surface area contributed by atoms with Crippen molar-refractivity contribution >= 4 is 29.1 Å². The highest BCUT2D eigenvalue weighted by atomic mass is 35.5. The molecule has 2 aromatic heterocycles. The Bertz CT molecular complexity index is 1270. The van der Waals surface area contributed by atoms with Crippen LogP contribution in [0.5, 0.6) is 11.5 Å². The van der Waals surface area contributed by atoms with Crippen molar-refractivity contribution in [1.82, 2.24) is 14.9 Å². The van der Waals surface area contributed by atoms with Crippen LogP contribution in [-0.4, -0.2) is 15.5 Å². The summed E-state index contributed by atoms with van der Waals surface area (Å²) < 4.78 is 20.5. The van der Waals surface area contributed by atoms with Gasteiger partial charge in [0.1, 0.15) is 23.0 Å². The van der Waals surface area contributed by atoms with Crippen LogP contribution in [-0.2, 0) is 6.54 Å². The predicted octanol–water partition coefficient (Wildman–Crippen LogP) is 6.35. The van der Waals surface area contributed by atoms with Gasteiger partial charge in [-0.15, -0.1) is 0 Å². The van der Waals surface area contributed by atoms with Crippen LogP contribution >= 0.6 is 23.2 Å². The van der Waals surface area contributed by atoms with E-state index >= 15 is 0 Å². The molecule has 0 saturated carbocycles. The SMILES string of the molecule is Cc1cc(CNC(=O)c2cccn2-c2ncc(Cl)cc2Cl)ccc1Oc1ccc(F)cc1. The first-order valence-corrected chi connectivity index (χ1v) is 10.5. The Kier molecular flexibility index (Phi) is 6.44. The highest BCUT2D eigenvalue weighted by Crippen LogP contribution is 2.26. The molecule has 0 spiro atoms. The Morgan fingerprint density at radius 1 is 1.12 bits per heavy atom. The van der Waals surface area contributed by atoms with Gasteiger partial charge >= 0.3 is 0 Å². The molecule has 0 aliphatic carbocycles. The number of halogens is 3. The summed E-state index contributed by atoms with van der Waals surface area (Å²) >= 11 is 12.2. The van der Waals surface area contributed by atoms with Crippen molar-refractivity contribution in [3.05, 3.63) is 106 Å². The molecule has 2 heterocycles. The third kappa shape index (κ3) is 4.93. The standard InChI is InChI=1S/C24H18Cl2FN3O2/c1-15-11-16(4-9-22(15)32-19-7-5-18(27)6-8-19)13-29-24(31)21-3-2-10-30(21)23-20(26)12-17(25)14-28-23/h2-12,14H,13H2,1H3,(H,29,31). The van der Waals surface area contributed by atoms with Crippen molar-refractivity contribution in [2.75, 3.05) is 0 Å². The second-order valence-corrected chi connectivity index (χ2v) is 7.90. The maximum absolute atomic E-state index is 13.1. The molecule has 4 rings (SSSR count). The molecule has 2 aromatic carbocycles. The zero-order valence-electron chi connectivity index (χ0n) is 17.0. The van der Waals surface area contributed by atoms with Gasteiger partial charge in [0.25, 0.3) is 5.91 Å². The molecule has 5 nitrogen and oxygen atoms in total. The molecule has 4 aromatic rings. The topological polar surface area (TPSA) is 56.2 Å². The summed E-state index contributed by atoms with van der Waals surface area (Å²) in [5.74, 6) is 1.03. The molecule has 0 fully saturated rings. The first kappa shape index (κ1) is 21.9. The third-order valence-electron chi connectivity index (χ3n) is 4.73. The smallest absolute Gasteiger partial charge is 0.268 e. The largest absolute Gasteiger partial charge is 0.457 e. The van der Waals surface area contributed by atoms with Gasteiger partial charge in [-0.1, -0.05) is 35.3 Å². The molecule has 162 valence electrons. The fourth-order valence-electron chi connectivity index (χ4n) is 3.17. The fourth-order valence-corrected chi connectivity index (χ4v) is 3.64. The van der Waals surface area contributed by atoms with Crippen LogP contribution in [0.25, 0.3) is 5.82 Å². The Morgan fingerprint density at radius 3 is 2.62 bits per heavy atom. The lowest BCUT2D eigenvalue weighted by molar-refractivity contribution is 0.0944. The Balaban J connectivity index is 1.44. The van der Waals surface area contributed by atoms with E-state index in [1.807, 2.05) is 25.1 Å². The van der Waals surface area contributed by atoms with Gasteiger partial charge in [-0.2, -0.15) is 0 Å². The number of carbonyl (C=O) groups is 1. The molecule has 0 aliphatic heterocycles. The average Bonchev–Trinajstić information content (AvgIpc) is 3.25. The number of rotatable bonds is 6. The first-order chi connectivity index (χ1) is 15.4. The predicted molar refractivity (Wildman–Crippen MR) is 122 cm³/mol. The van der Waals surface area contributed by atoms with E-state index in [1.54, 1.807) is 41.1 Å². The Hall–Kier alpha value is -3.35. The van der Waals surface area contributed by atoms with Gasteiger partial charge in [-0.05, 0) is 66.6 Å². The summed E-state index contributed by atoms with van der Waals surface area (Å²) in [4.78, 5) is 17.0. The number of nitrogens with one attached hydrogen (secondary N) is 1. The maximum Gasteiger partial charge on any atom is 0.268 e. The molecule has 8 heteroatoms. The Labute approximate surface area is 194 Å². The number of nitrogens with zero attached hydrogens (tertiary/aromatic N) is 2. The number of benzene rings is 2. The molecule has 32 heavy (non-hydrogen) atoms. The van der Waals surface area contributed by atoms with Crippen molar-refractivity contribution in [1.29, 1.82) is 0 Å². The van der Waals surface area contributed by atoms with Gasteiger partial charge in [0.2, 0.25) is 0 Å². The lowest BCUT2D eigenvalue weighted by Gasteiger charge is -2.12. The summed E-state index contributed by atoms with van der Waals surface area (Å²) in [5, 5.41) is 3.66. The van der Waals surface area contributed by atoms with Crippen molar-refractivity contribution in [2.24, 2.45) is 0 Å². The molecule has 1 N–H and O–H groups in total. The van der Waals surface area contributed by atoms with E-state index in [0.717, 1.165) is 11.1 Å². The van der Waals surface area contributed by atoms with Gasteiger partial charge < -0.3 is 10.1 Å². The van der Waals surface area contributed by atoms with Crippen molar-refractivity contribution < 1.29 is 13.9 Å². The minimum absolute atomic E-state index is 0.271. The number of hydrogen-bond acceptors (Lipinski definition) is 3. The van der Waals surface area contributed by atoms with Crippen molar-refractivity contribution in [3.63, 3.8) is 0 Å². The summed E-state index contributed by atoms with van der Waals surface area (Å²) in [5.41, 5.74) is 2.19. The normalized spacial score (nSPS) is 10.8. The molecule has 1 amide bonds. The molecule has 0 atom stereocenters. The van der Waals surface area contributed by atoms with E-state index in [1.165, 1.54) is 18.3 Å². The van der Waals surface area contributed by atoms with Crippen LogP contribution in [0.2, 0.25) is 10.0 Å². The Morgan fingerprint density at radius 2 is 1.91 bits per heavy atom. The average molecular weight is 470 g/mol. The number of aromatic nitrogens is 2. The fraction of sp³-hybridized carbons (Fsp3) is 0.0833. The van der Waals surface area contributed by atoms with Crippen LogP contribution in [0.4, 0.5) is 4.39 Å². The van der Waals surface area contributed by atoms with Crippen LogP contribution < -0.4 is 10.1 Å². The molecular weight excluding hydrogens is 452 g/mol. The second-order valence-electron chi connectivity index (χ2n) is 7.06. The van der Waals surface area contributed by atoms with E-state index in [2.05, 4.69) is 10.3 Å². The summed E-state index contributed by atoms with van der Waals surface area (Å²) in [6, 6.07) is 16.4. The monoisotopic (exact) mass is 469 g/mol. The number of pyridine rings is 1. The summed E-state index contributed by atoms with van der Waals surface area (Å²) in [7, 11) is 0. The van der Waals surface area contributed by atoms with E-state index in [-0.39, 0.29) is 11.7 Å². The zero-order chi connectivity index (χ0) is 22.7. The number of carbonyl (C=O) groups excluding carboxylic acids is 1. The highest BCUT2D eigenvalue weighted by Gasteiger charge is 2.15. The summed E-state index contributed by atoms with van der Waals surface area (Å²) in [6.45, 7) is 2.23. The van der Waals surface area contributed by atoms with Crippen molar-refractivity contribution in [3.8, 4) is 17.3 Å². The molecule has 0 radical (unpaired) electrons. The minimum atomic E-state index is -0.319. The van der Waals surface area contributed by atoms with Gasteiger partial charge in [0.15, 0.2) is 5.82 Å². The van der Waals surface area contributed by atoms with Gasteiger partial charge in [-0.25, -0.2) is 9.37 Å². The minimum Gasteiger partial charge on any atom is -0.457 e. The van der Waals surface area contributed by atoms with E-state index in [0.29, 0.717) is 39.6 Å². The van der Waals surface area contributed by atoms with Gasteiger partial charge in [0, 0.05) is 18.9 Å². The number of aryl methyl sites for hydroxylation is 1. The van der Waals surface area contributed by atoms with Crippen LogP contribution in [0, 0.1) is 12.7 Å². The van der Waals surface area contributed by atoms with Crippen LogP contribution in [0.3, 0.4) is 0 Å². The molecular formula is C24H18Cl2FN3O2. The lowest BCUT2D eigenvalue weighted by atomic mass is 10.1. The van der Waals surface area contributed by atoms with E-state index < -0.39 is 0 Å².